The van der Waals surface area contributed by atoms with Gasteiger partial charge >= 0.3 is 0 Å². The predicted octanol–water partition coefficient (Wildman–Crippen LogP) is 5.41. The molecule has 3 aromatic rings. The number of aromatic nitrogens is 2. The molecule has 1 amide bonds. The van der Waals surface area contributed by atoms with Gasteiger partial charge in [0.15, 0.2) is 0 Å². The third-order valence-corrected chi connectivity index (χ3v) is 7.43. The lowest BCUT2D eigenvalue weighted by Crippen LogP contribution is -2.27. The SMILES string of the molecule is CCCCCCNc1nc2c(C)cccn2c(=O)c1C=C1SC(=S)N(Cc2ccc(OC)cc2)C1=O. The zero-order valence-electron chi connectivity index (χ0n) is 20.7. The normalized spacial score (nSPS) is 14.8. The number of amides is 1. The van der Waals surface area contributed by atoms with Crippen LogP contribution in [0.15, 0.2) is 52.3 Å². The van der Waals surface area contributed by atoms with Gasteiger partial charge in [0.1, 0.15) is 21.5 Å². The summed E-state index contributed by atoms with van der Waals surface area (Å²) in [4.78, 5) is 33.5. The number of aryl methyl sites for hydroxylation is 1. The number of thioether (sulfide) groups is 1. The smallest absolute Gasteiger partial charge is 0.267 e. The third kappa shape index (κ3) is 5.63. The second-order valence-electron chi connectivity index (χ2n) is 8.67. The molecule has 0 unspecified atom stereocenters. The first-order valence-corrected chi connectivity index (χ1v) is 13.3. The Bertz CT molecular complexity index is 1370. The lowest BCUT2D eigenvalue weighted by atomic mass is 10.2. The molecular formula is C27H30N4O3S2. The molecule has 1 aliphatic heterocycles. The number of anilines is 1. The fraction of sp³-hybridized carbons (Fsp3) is 0.333. The molecular weight excluding hydrogens is 492 g/mol. The lowest BCUT2D eigenvalue weighted by molar-refractivity contribution is -0.122. The Labute approximate surface area is 220 Å². The number of nitrogens with zero attached hydrogens (tertiary/aromatic N) is 3. The van der Waals surface area contributed by atoms with Gasteiger partial charge in [0.05, 0.1) is 24.1 Å². The van der Waals surface area contributed by atoms with E-state index in [0.29, 0.717) is 39.3 Å². The molecule has 1 saturated heterocycles. The number of hydrogen-bond donors (Lipinski definition) is 1. The minimum Gasteiger partial charge on any atom is -0.497 e. The van der Waals surface area contributed by atoms with Crippen molar-refractivity contribution in [2.75, 3.05) is 19.0 Å². The van der Waals surface area contributed by atoms with E-state index in [1.165, 1.54) is 16.2 Å². The van der Waals surface area contributed by atoms with Crippen LogP contribution in [-0.2, 0) is 11.3 Å². The average molecular weight is 523 g/mol. The van der Waals surface area contributed by atoms with Gasteiger partial charge in [-0.25, -0.2) is 4.98 Å². The molecule has 0 bridgehead atoms. The van der Waals surface area contributed by atoms with Crippen LogP contribution in [0, 0.1) is 6.92 Å². The number of pyridine rings is 1. The summed E-state index contributed by atoms with van der Waals surface area (Å²) in [5.41, 5.74) is 2.58. The first-order chi connectivity index (χ1) is 17.4. The van der Waals surface area contributed by atoms with Crippen LogP contribution in [0.5, 0.6) is 5.75 Å². The summed E-state index contributed by atoms with van der Waals surface area (Å²) in [6, 6.07) is 11.3. The predicted molar refractivity (Wildman–Crippen MR) is 151 cm³/mol. The fourth-order valence-corrected chi connectivity index (χ4v) is 5.25. The van der Waals surface area contributed by atoms with Crippen LogP contribution in [0.1, 0.15) is 49.3 Å². The average Bonchev–Trinajstić information content (AvgIpc) is 3.14. The number of fused-ring (bicyclic) bond motifs is 1. The summed E-state index contributed by atoms with van der Waals surface area (Å²) in [5, 5.41) is 3.35. The Morgan fingerprint density at radius 3 is 2.64 bits per heavy atom. The molecule has 188 valence electrons. The van der Waals surface area contributed by atoms with Crippen molar-refractivity contribution in [2.45, 2.75) is 46.1 Å². The Morgan fingerprint density at radius 2 is 1.92 bits per heavy atom. The molecule has 0 radical (unpaired) electrons. The first-order valence-electron chi connectivity index (χ1n) is 12.1. The summed E-state index contributed by atoms with van der Waals surface area (Å²) in [5.74, 6) is 1.02. The molecule has 1 fully saturated rings. The van der Waals surface area contributed by atoms with E-state index in [-0.39, 0.29) is 11.5 Å². The largest absolute Gasteiger partial charge is 0.497 e. The minimum absolute atomic E-state index is 0.219. The fourth-order valence-electron chi connectivity index (χ4n) is 4.02. The Hall–Kier alpha value is -3.17. The monoisotopic (exact) mass is 522 g/mol. The maximum absolute atomic E-state index is 13.5. The van der Waals surface area contributed by atoms with Gasteiger partial charge in [0.25, 0.3) is 11.5 Å². The van der Waals surface area contributed by atoms with Gasteiger partial charge in [0, 0.05) is 12.7 Å². The van der Waals surface area contributed by atoms with Crippen LogP contribution in [0.25, 0.3) is 11.7 Å². The van der Waals surface area contributed by atoms with Gasteiger partial charge in [-0.2, -0.15) is 0 Å². The van der Waals surface area contributed by atoms with Gasteiger partial charge < -0.3 is 10.1 Å². The molecule has 3 heterocycles. The number of hydrogen-bond acceptors (Lipinski definition) is 7. The molecule has 4 rings (SSSR count). The van der Waals surface area contributed by atoms with Crippen LogP contribution >= 0.6 is 24.0 Å². The van der Waals surface area contributed by atoms with E-state index in [2.05, 4.69) is 12.2 Å². The van der Waals surface area contributed by atoms with E-state index in [0.717, 1.165) is 42.6 Å². The zero-order valence-corrected chi connectivity index (χ0v) is 22.4. The number of unbranched alkanes of at least 4 members (excludes halogenated alkanes) is 3. The van der Waals surface area contributed by atoms with Gasteiger partial charge in [-0.1, -0.05) is 68.4 Å². The molecule has 1 aromatic carbocycles. The highest BCUT2D eigenvalue weighted by Crippen LogP contribution is 2.34. The third-order valence-electron chi connectivity index (χ3n) is 6.06. The number of nitrogens with one attached hydrogen (secondary N) is 1. The van der Waals surface area contributed by atoms with Gasteiger partial charge in [-0.15, -0.1) is 0 Å². The second kappa shape index (κ2) is 11.7. The zero-order chi connectivity index (χ0) is 25.7. The van der Waals surface area contributed by atoms with Crippen molar-refractivity contribution in [3.05, 3.63) is 74.5 Å². The maximum atomic E-state index is 13.5. The van der Waals surface area contributed by atoms with E-state index in [1.807, 2.05) is 43.3 Å². The van der Waals surface area contributed by atoms with Gasteiger partial charge in [-0.3, -0.25) is 18.9 Å². The molecule has 2 aromatic heterocycles. The van der Waals surface area contributed by atoms with Crippen LogP contribution < -0.4 is 15.6 Å². The Kier molecular flexibility index (Phi) is 8.43. The van der Waals surface area contributed by atoms with Gasteiger partial charge in [0.2, 0.25) is 0 Å². The van der Waals surface area contributed by atoms with Crippen LogP contribution in [0.4, 0.5) is 5.82 Å². The van der Waals surface area contributed by atoms with E-state index < -0.39 is 0 Å². The summed E-state index contributed by atoms with van der Waals surface area (Å²) in [7, 11) is 1.61. The highest BCUT2D eigenvalue weighted by atomic mass is 32.2. The topological polar surface area (TPSA) is 75.9 Å². The Morgan fingerprint density at radius 1 is 1.14 bits per heavy atom. The molecule has 0 atom stereocenters. The van der Waals surface area contributed by atoms with E-state index in [9.17, 15) is 9.59 Å². The number of benzene rings is 1. The first kappa shape index (κ1) is 25.9. The van der Waals surface area contributed by atoms with Crippen molar-refractivity contribution in [2.24, 2.45) is 0 Å². The quantitative estimate of drug-likeness (QED) is 0.217. The van der Waals surface area contributed by atoms with E-state index >= 15 is 0 Å². The standard InChI is InChI=1S/C27H30N4O3S2/c1-4-5-6-7-14-28-23-21(25(32)30-15-8-9-18(2)24(30)29-23)16-22-26(33)31(27(35)36-22)17-19-10-12-20(34-3)13-11-19/h8-13,15-16,28H,4-7,14,17H2,1-3H3. The number of thiocarbonyl (C=S) groups is 1. The molecule has 36 heavy (non-hydrogen) atoms. The highest BCUT2D eigenvalue weighted by Gasteiger charge is 2.32. The van der Waals surface area contributed by atoms with E-state index in [1.54, 1.807) is 24.3 Å². The summed E-state index contributed by atoms with van der Waals surface area (Å²) < 4.78 is 7.20. The van der Waals surface area contributed by atoms with Crippen LogP contribution in [0.3, 0.4) is 0 Å². The summed E-state index contributed by atoms with van der Waals surface area (Å²) in [6.45, 7) is 5.15. The van der Waals surface area contributed by atoms with Crippen LogP contribution in [-0.4, -0.2) is 38.2 Å². The van der Waals surface area contributed by atoms with Crippen molar-refractivity contribution in [1.82, 2.24) is 14.3 Å². The minimum atomic E-state index is -0.222. The van der Waals surface area contributed by atoms with Crippen molar-refractivity contribution in [3.8, 4) is 5.75 Å². The van der Waals surface area contributed by atoms with E-state index in [4.69, 9.17) is 21.9 Å². The molecule has 9 heteroatoms. The lowest BCUT2D eigenvalue weighted by Gasteiger charge is -2.15. The molecule has 0 aliphatic carbocycles. The molecule has 1 N–H and O–H groups in total. The molecule has 7 nitrogen and oxygen atoms in total. The number of carbonyl (C=O) groups excluding carboxylic acids is 1. The van der Waals surface area contributed by atoms with Crippen LogP contribution in [0.2, 0.25) is 0 Å². The van der Waals surface area contributed by atoms with Gasteiger partial charge in [-0.05, 0) is 48.7 Å². The van der Waals surface area contributed by atoms with Crippen molar-refractivity contribution >= 4 is 51.7 Å². The highest BCUT2D eigenvalue weighted by molar-refractivity contribution is 8.26. The maximum Gasteiger partial charge on any atom is 0.267 e. The molecule has 0 spiro atoms. The van der Waals surface area contributed by atoms with Crippen molar-refractivity contribution < 1.29 is 9.53 Å². The van der Waals surface area contributed by atoms with Crippen molar-refractivity contribution in [1.29, 1.82) is 0 Å². The van der Waals surface area contributed by atoms with Crippen molar-refractivity contribution in [3.63, 3.8) is 0 Å². The summed E-state index contributed by atoms with van der Waals surface area (Å²) >= 11 is 6.72. The Balaban J connectivity index is 1.65. The number of carbonyl (C=O) groups is 1. The second-order valence-corrected chi connectivity index (χ2v) is 10.3. The number of ether oxygens (including phenoxy) is 1. The molecule has 0 saturated carbocycles. The summed E-state index contributed by atoms with van der Waals surface area (Å²) in [6.07, 6.45) is 7.73. The number of rotatable bonds is 10. The number of methoxy groups -OCH3 is 1. The molecule has 1 aliphatic rings.